The molecule has 0 heterocycles. The third-order valence-corrected chi connectivity index (χ3v) is 3.85. The lowest BCUT2D eigenvalue weighted by molar-refractivity contribution is 0.101. The van der Waals surface area contributed by atoms with Crippen LogP contribution in [0.15, 0.2) is 30.3 Å². The van der Waals surface area contributed by atoms with Gasteiger partial charge in [0.1, 0.15) is 0 Å². The van der Waals surface area contributed by atoms with Gasteiger partial charge in [0.05, 0.1) is 0 Å². The Labute approximate surface area is 106 Å². The first kappa shape index (κ1) is 14.2. The van der Waals surface area contributed by atoms with Crippen LogP contribution in [0.4, 0.5) is 0 Å². The number of benzene rings is 1. The summed E-state index contributed by atoms with van der Waals surface area (Å²) >= 11 is 0. The highest BCUT2D eigenvalue weighted by Crippen LogP contribution is 2.23. The van der Waals surface area contributed by atoms with Gasteiger partial charge in [0.15, 0.2) is 0 Å². The van der Waals surface area contributed by atoms with Gasteiger partial charge in [-0.15, -0.1) is 0 Å². The monoisotopic (exact) mass is 234 g/mol. The Morgan fingerprint density at radius 2 is 1.65 bits per heavy atom. The molecule has 1 unspecified atom stereocenters. The van der Waals surface area contributed by atoms with Gasteiger partial charge in [-0.2, -0.15) is 0 Å². The highest BCUT2D eigenvalue weighted by molar-refractivity contribution is 5.18. The van der Waals surface area contributed by atoms with Crippen LogP contribution in [-0.2, 0) is 6.42 Å². The molecule has 0 bridgehead atoms. The Kier molecular flexibility index (Phi) is 5.66. The number of hydrogen-bond donors (Lipinski definition) is 1. The number of nitrogens with zero attached hydrogens (tertiary/aromatic N) is 1. The fourth-order valence-corrected chi connectivity index (χ4v) is 2.68. The van der Waals surface area contributed by atoms with E-state index in [4.69, 9.17) is 5.73 Å². The highest BCUT2D eigenvalue weighted by atomic mass is 15.2. The zero-order valence-corrected chi connectivity index (χ0v) is 11.4. The highest BCUT2D eigenvalue weighted by Gasteiger charge is 2.31. The summed E-state index contributed by atoms with van der Waals surface area (Å²) in [6, 6.07) is 10.7. The zero-order valence-electron chi connectivity index (χ0n) is 11.4. The summed E-state index contributed by atoms with van der Waals surface area (Å²) in [6.07, 6.45) is 2.14. The van der Waals surface area contributed by atoms with E-state index in [9.17, 15) is 0 Å². The maximum atomic E-state index is 6.08. The largest absolute Gasteiger partial charge is 0.329 e. The van der Waals surface area contributed by atoms with Crippen molar-refractivity contribution in [2.45, 2.75) is 39.2 Å². The molecule has 0 amide bonds. The molecule has 0 spiro atoms. The van der Waals surface area contributed by atoms with Crippen LogP contribution in [0.1, 0.15) is 32.8 Å². The summed E-state index contributed by atoms with van der Waals surface area (Å²) in [6.45, 7) is 9.53. The predicted octanol–water partition coefficient (Wildman–Crippen LogP) is 2.68. The minimum absolute atomic E-state index is 0.116. The maximum absolute atomic E-state index is 6.08. The van der Waals surface area contributed by atoms with Gasteiger partial charge in [-0.3, -0.25) is 4.90 Å². The van der Waals surface area contributed by atoms with E-state index in [1.807, 2.05) is 0 Å². The molecule has 0 aromatic heterocycles. The van der Waals surface area contributed by atoms with Crippen LogP contribution in [-0.4, -0.2) is 30.1 Å². The van der Waals surface area contributed by atoms with Crippen LogP contribution in [0.2, 0.25) is 0 Å². The molecular formula is C15H26N2. The quantitative estimate of drug-likeness (QED) is 0.786. The summed E-state index contributed by atoms with van der Waals surface area (Å²) in [5, 5.41) is 0. The van der Waals surface area contributed by atoms with Gasteiger partial charge in [0, 0.05) is 12.1 Å². The summed E-state index contributed by atoms with van der Waals surface area (Å²) in [7, 11) is 0. The molecule has 17 heavy (non-hydrogen) atoms. The molecule has 1 rings (SSSR count). The molecule has 2 nitrogen and oxygen atoms in total. The second-order valence-corrected chi connectivity index (χ2v) is 4.62. The molecule has 1 aromatic carbocycles. The van der Waals surface area contributed by atoms with Crippen LogP contribution in [0.5, 0.6) is 0 Å². The average molecular weight is 234 g/mol. The topological polar surface area (TPSA) is 29.3 Å². The Hall–Kier alpha value is -0.860. The molecule has 0 aliphatic rings. The van der Waals surface area contributed by atoms with Crippen molar-refractivity contribution in [2.24, 2.45) is 5.73 Å². The lowest BCUT2D eigenvalue weighted by Crippen LogP contribution is -2.55. The molecule has 2 N–H and O–H groups in total. The van der Waals surface area contributed by atoms with Crippen molar-refractivity contribution >= 4 is 0 Å². The van der Waals surface area contributed by atoms with Crippen LogP contribution in [0, 0.1) is 0 Å². The standard InChI is InChI=1S/C15H26N2/c1-4-15(13-16,17(5-2)6-3)12-14-10-8-7-9-11-14/h7-11H,4-6,12-13,16H2,1-3H3. The van der Waals surface area contributed by atoms with E-state index in [-0.39, 0.29) is 5.54 Å². The van der Waals surface area contributed by atoms with Gasteiger partial charge in [0.25, 0.3) is 0 Å². The summed E-state index contributed by atoms with van der Waals surface area (Å²) in [5.74, 6) is 0. The Morgan fingerprint density at radius 1 is 1.06 bits per heavy atom. The first-order valence-electron chi connectivity index (χ1n) is 6.71. The molecule has 1 atom stereocenters. The van der Waals surface area contributed by atoms with Crippen molar-refractivity contribution < 1.29 is 0 Å². The van der Waals surface area contributed by atoms with E-state index in [1.54, 1.807) is 0 Å². The predicted molar refractivity (Wildman–Crippen MR) is 75.1 cm³/mol. The third kappa shape index (κ3) is 3.30. The maximum Gasteiger partial charge on any atom is 0.0369 e. The van der Waals surface area contributed by atoms with Gasteiger partial charge < -0.3 is 5.73 Å². The summed E-state index contributed by atoms with van der Waals surface area (Å²) in [5.41, 5.74) is 7.57. The molecule has 0 radical (unpaired) electrons. The molecule has 0 aliphatic heterocycles. The minimum atomic E-state index is 0.116. The SMILES string of the molecule is CCN(CC)C(CC)(CN)Cc1ccccc1. The van der Waals surface area contributed by atoms with Gasteiger partial charge in [-0.1, -0.05) is 51.1 Å². The van der Waals surface area contributed by atoms with Crippen molar-refractivity contribution in [3.8, 4) is 0 Å². The van der Waals surface area contributed by atoms with Crippen molar-refractivity contribution in [3.63, 3.8) is 0 Å². The number of nitrogens with two attached hydrogens (primary N) is 1. The normalized spacial score (nSPS) is 14.9. The summed E-state index contributed by atoms with van der Waals surface area (Å²) in [4.78, 5) is 2.50. The molecule has 0 fully saturated rings. The second-order valence-electron chi connectivity index (χ2n) is 4.62. The van der Waals surface area contributed by atoms with E-state index >= 15 is 0 Å². The van der Waals surface area contributed by atoms with Crippen LogP contribution >= 0.6 is 0 Å². The second kappa shape index (κ2) is 6.77. The van der Waals surface area contributed by atoms with Gasteiger partial charge in [-0.25, -0.2) is 0 Å². The first-order chi connectivity index (χ1) is 8.22. The Balaban J connectivity index is 2.91. The minimum Gasteiger partial charge on any atom is -0.329 e. The summed E-state index contributed by atoms with van der Waals surface area (Å²) < 4.78 is 0. The smallest absolute Gasteiger partial charge is 0.0369 e. The lowest BCUT2D eigenvalue weighted by atomic mass is 9.86. The van der Waals surface area contributed by atoms with E-state index < -0.39 is 0 Å². The third-order valence-electron chi connectivity index (χ3n) is 3.85. The Bertz CT molecular complexity index is 300. The molecule has 0 aliphatic carbocycles. The van der Waals surface area contributed by atoms with Gasteiger partial charge in [0.2, 0.25) is 0 Å². The van der Waals surface area contributed by atoms with E-state index in [0.29, 0.717) is 0 Å². The lowest BCUT2D eigenvalue weighted by Gasteiger charge is -2.42. The fourth-order valence-electron chi connectivity index (χ4n) is 2.68. The molecule has 96 valence electrons. The first-order valence-corrected chi connectivity index (χ1v) is 6.71. The van der Waals surface area contributed by atoms with Crippen LogP contribution in [0.25, 0.3) is 0 Å². The van der Waals surface area contributed by atoms with E-state index in [2.05, 4.69) is 56.0 Å². The van der Waals surface area contributed by atoms with Crippen molar-refractivity contribution in [2.75, 3.05) is 19.6 Å². The van der Waals surface area contributed by atoms with Crippen LogP contribution in [0.3, 0.4) is 0 Å². The molecule has 0 saturated carbocycles. The van der Waals surface area contributed by atoms with Gasteiger partial charge >= 0.3 is 0 Å². The van der Waals surface area contributed by atoms with Gasteiger partial charge in [-0.05, 0) is 31.5 Å². The number of hydrogen-bond acceptors (Lipinski definition) is 2. The number of likely N-dealkylation sites (N-methyl/N-ethyl adjacent to an activating group) is 1. The van der Waals surface area contributed by atoms with Crippen LogP contribution < -0.4 is 5.73 Å². The average Bonchev–Trinajstić information content (AvgIpc) is 2.40. The number of rotatable bonds is 7. The molecule has 0 saturated heterocycles. The molecule has 1 aromatic rings. The van der Waals surface area contributed by atoms with Crippen molar-refractivity contribution in [1.29, 1.82) is 0 Å². The molecular weight excluding hydrogens is 208 g/mol. The van der Waals surface area contributed by atoms with Crippen molar-refractivity contribution in [1.82, 2.24) is 4.90 Å². The zero-order chi connectivity index (χ0) is 12.7. The van der Waals surface area contributed by atoms with Crippen molar-refractivity contribution in [3.05, 3.63) is 35.9 Å². The molecule has 2 heteroatoms. The Morgan fingerprint density at radius 3 is 2.06 bits per heavy atom. The van der Waals surface area contributed by atoms with E-state index in [0.717, 1.165) is 32.5 Å². The van der Waals surface area contributed by atoms with E-state index in [1.165, 1.54) is 5.56 Å². The fraction of sp³-hybridized carbons (Fsp3) is 0.600.